The Labute approximate surface area is 134 Å². The zero-order chi connectivity index (χ0) is 16.1. The van der Waals surface area contributed by atoms with E-state index in [1.165, 1.54) is 6.20 Å². The minimum absolute atomic E-state index is 0.354. The van der Waals surface area contributed by atoms with Crippen molar-refractivity contribution in [3.63, 3.8) is 0 Å². The van der Waals surface area contributed by atoms with Crippen molar-refractivity contribution in [2.24, 2.45) is 0 Å². The second kappa shape index (κ2) is 7.15. The molecule has 2 aromatic rings. The molecule has 1 aliphatic heterocycles. The minimum Gasteiger partial charge on any atom is -0.355 e. The molecule has 0 spiro atoms. The second-order valence-corrected chi connectivity index (χ2v) is 5.59. The van der Waals surface area contributed by atoms with Crippen molar-refractivity contribution in [1.29, 1.82) is 0 Å². The molecule has 7 heteroatoms. The second-order valence-electron chi connectivity index (χ2n) is 5.59. The average Bonchev–Trinajstić information content (AvgIpc) is 2.62. The van der Waals surface area contributed by atoms with Gasteiger partial charge in [-0.1, -0.05) is 0 Å². The summed E-state index contributed by atoms with van der Waals surface area (Å²) >= 11 is 0. The van der Waals surface area contributed by atoms with Crippen LogP contribution >= 0.6 is 0 Å². The number of aromatic amines is 1. The lowest BCUT2D eigenvalue weighted by Gasteiger charge is -2.32. The van der Waals surface area contributed by atoms with Crippen LogP contribution in [0, 0.1) is 0 Å². The normalized spacial score (nSPS) is 15.9. The molecule has 2 N–H and O–H groups in total. The van der Waals surface area contributed by atoms with Gasteiger partial charge >= 0.3 is 5.69 Å². The topological polar surface area (TPSA) is 86.8 Å². The van der Waals surface area contributed by atoms with E-state index in [0.717, 1.165) is 43.0 Å². The van der Waals surface area contributed by atoms with Crippen molar-refractivity contribution in [3.05, 3.63) is 46.3 Å². The van der Waals surface area contributed by atoms with Crippen LogP contribution in [0.1, 0.15) is 24.1 Å². The van der Waals surface area contributed by atoms with Crippen LogP contribution in [0.5, 0.6) is 0 Å². The average molecular weight is 312 g/mol. The van der Waals surface area contributed by atoms with Crippen LogP contribution in [0.3, 0.4) is 0 Å². The Kier molecular flexibility index (Phi) is 4.77. The summed E-state index contributed by atoms with van der Waals surface area (Å²) in [5.41, 5.74) is 1.22. The van der Waals surface area contributed by atoms with Crippen molar-refractivity contribution in [2.75, 3.05) is 25.0 Å². The Balaban J connectivity index is 1.66. The van der Waals surface area contributed by atoms with E-state index in [1.807, 2.05) is 24.3 Å². The third-order valence-corrected chi connectivity index (χ3v) is 4.03. The van der Waals surface area contributed by atoms with Gasteiger partial charge in [-0.05, 0) is 50.2 Å². The molecule has 1 saturated heterocycles. The molecule has 0 radical (unpaired) electrons. The molecule has 0 aliphatic carbocycles. The van der Waals surface area contributed by atoms with Gasteiger partial charge in [0.05, 0.1) is 5.69 Å². The first-order valence-corrected chi connectivity index (χ1v) is 7.72. The Morgan fingerprint density at radius 3 is 2.70 bits per heavy atom. The fourth-order valence-electron chi connectivity index (χ4n) is 2.62. The molecular formula is C16H20N6O. The van der Waals surface area contributed by atoms with E-state index in [4.69, 9.17) is 0 Å². The molecular weight excluding hydrogens is 292 g/mol. The fourth-order valence-corrected chi connectivity index (χ4v) is 2.62. The van der Waals surface area contributed by atoms with Crippen LogP contribution in [-0.4, -0.2) is 46.3 Å². The molecule has 1 aliphatic rings. The predicted molar refractivity (Wildman–Crippen MR) is 90.1 cm³/mol. The van der Waals surface area contributed by atoms with Crippen LogP contribution in [0.15, 0.2) is 29.3 Å². The Morgan fingerprint density at radius 1 is 1.22 bits per heavy atom. The van der Waals surface area contributed by atoms with E-state index in [0.29, 0.717) is 6.04 Å². The summed E-state index contributed by atoms with van der Waals surface area (Å²) in [6.45, 7) is 2.10. The summed E-state index contributed by atoms with van der Waals surface area (Å²) in [5, 5.41) is 11.9. The van der Waals surface area contributed by atoms with Gasteiger partial charge in [0.15, 0.2) is 5.82 Å². The Bertz CT molecular complexity index is 698. The number of hydrogen-bond donors (Lipinski definition) is 2. The molecule has 2 aromatic heterocycles. The Hall–Kier alpha value is -2.54. The molecule has 120 valence electrons. The molecule has 0 amide bonds. The highest BCUT2D eigenvalue weighted by Crippen LogP contribution is 2.17. The van der Waals surface area contributed by atoms with Crippen molar-refractivity contribution < 1.29 is 0 Å². The van der Waals surface area contributed by atoms with E-state index in [9.17, 15) is 4.79 Å². The zero-order valence-electron chi connectivity index (χ0n) is 13.1. The number of nitrogens with one attached hydrogen (secondary N) is 2. The van der Waals surface area contributed by atoms with Crippen LogP contribution in [0.2, 0.25) is 0 Å². The number of rotatable bonds is 4. The van der Waals surface area contributed by atoms with Gasteiger partial charge in [-0.3, -0.25) is 0 Å². The number of H-pyrrole nitrogens is 1. The maximum Gasteiger partial charge on any atom is 0.344 e. The smallest absolute Gasteiger partial charge is 0.344 e. The van der Waals surface area contributed by atoms with E-state index in [2.05, 4.69) is 37.4 Å². The van der Waals surface area contributed by atoms with E-state index >= 15 is 0 Å². The Morgan fingerprint density at radius 2 is 2.04 bits per heavy atom. The fraction of sp³-hybridized carbons (Fsp3) is 0.375. The molecule has 7 nitrogen and oxygen atoms in total. The molecule has 0 unspecified atom stereocenters. The van der Waals surface area contributed by atoms with Crippen molar-refractivity contribution in [1.82, 2.24) is 25.5 Å². The highest BCUT2D eigenvalue weighted by molar-refractivity contribution is 5.67. The molecule has 3 heterocycles. The zero-order valence-corrected chi connectivity index (χ0v) is 13.1. The number of aromatic nitrogens is 4. The van der Waals surface area contributed by atoms with Gasteiger partial charge in [-0.15, -0.1) is 10.2 Å². The number of piperidine rings is 1. The van der Waals surface area contributed by atoms with E-state index < -0.39 is 0 Å². The van der Waals surface area contributed by atoms with Gasteiger partial charge in [0.1, 0.15) is 0 Å². The van der Waals surface area contributed by atoms with Crippen molar-refractivity contribution in [2.45, 2.75) is 18.9 Å². The monoisotopic (exact) mass is 312 g/mol. The molecule has 0 atom stereocenters. The van der Waals surface area contributed by atoms with Crippen LogP contribution < -0.4 is 15.9 Å². The summed E-state index contributed by atoms with van der Waals surface area (Å²) in [7, 11) is 2.07. The maximum atomic E-state index is 10.9. The maximum absolute atomic E-state index is 10.9. The summed E-state index contributed by atoms with van der Waals surface area (Å²) in [6, 6.07) is 4.44. The van der Waals surface area contributed by atoms with Gasteiger partial charge in [0.25, 0.3) is 0 Å². The quantitative estimate of drug-likeness (QED) is 0.873. The van der Waals surface area contributed by atoms with Gasteiger partial charge in [0, 0.05) is 31.0 Å². The third kappa shape index (κ3) is 4.01. The lowest BCUT2D eigenvalue weighted by atomic mass is 10.1. The SMILES string of the molecule is CN(c1ccc(C=Cc2cnc(=O)[nH]c2)nn1)C1CCNCC1. The summed E-state index contributed by atoms with van der Waals surface area (Å²) < 4.78 is 0. The molecule has 0 aromatic carbocycles. The highest BCUT2D eigenvalue weighted by Gasteiger charge is 2.18. The van der Waals surface area contributed by atoms with Crippen molar-refractivity contribution >= 4 is 18.0 Å². The molecule has 0 bridgehead atoms. The molecule has 1 fully saturated rings. The summed E-state index contributed by atoms with van der Waals surface area (Å²) in [6.07, 6.45) is 9.05. The lowest BCUT2D eigenvalue weighted by molar-refractivity contribution is 0.441. The summed E-state index contributed by atoms with van der Waals surface area (Å²) in [5.74, 6) is 0.889. The first kappa shape index (κ1) is 15.4. The van der Waals surface area contributed by atoms with Gasteiger partial charge in [-0.2, -0.15) is 0 Å². The molecule has 0 saturated carbocycles. The third-order valence-electron chi connectivity index (χ3n) is 4.03. The van der Waals surface area contributed by atoms with E-state index in [-0.39, 0.29) is 5.69 Å². The van der Waals surface area contributed by atoms with Gasteiger partial charge in [0.2, 0.25) is 0 Å². The van der Waals surface area contributed by atoms with Crippen LogP contribution in [-0.2, 0) is 0 Å². The number of anilines is 1. The first-order chi connectivity index (χ1) is 11.2. The first-order valence-electron chi connectivity index (χ1n) is 7.72. The molecule has 3 rings (SSSR count). The number of nitrogens with zero attached hydrogens (tertiary/aromatic N) is 4. The van der Waals surface area contributed by atoms with Crippen LogP contribution in [0.25, 0.3) is 12.2 Å². The molecule has 23 heavy (non-hydrogen) atoms. The largest absolute Gasteiger partial charge is 0.355 e. The van der Waals surface area contributed by atoms with Gasteiger partial charge < -0.3 is 15.2 Å². The number of hydrogen-bond acceptors (Lipinski definition) is 6. The van der Waals surface area contributed by atoms with Crippen LogP contribution in [0.4, 0.5) is 5.82 Å². The van der Waals surface area contributed by atoms with Crippen molar-refractivity contribution in [3.8, 4) is 0 Å². The highest BCUT2D eigenvalue weighted by atomic mass is 16.1. The minimum atomic E-state index is -0.354. The van der Waals surface area contributed by atoms with E-state index in [1.54, 1.807) is 6.20 Å². The lowest BCUT2D eigenvalue weighted by Crippen LogP contribution is -2.41. The summed E-state index contributed by atoms with van der Waals surface area (Å²) in [4.78, 5) is 19.3. The standard InChI is InChI=1S/C16H20N6O/c1-22(14-6-8-17-9-7-14)15-5-4-13(20-21-15)3-2-12-10-18-16(23)19-11-12/h2-5,10-11,14,17H,6-9H2,1H3,(H,18,19,23). The predicted octanol–water partition coefficient (Wildman–Crippen LogP) is 0.918. The van der Waals surface area contributed by atoms with Gasteiger partial charge in [-0.25, -0.2) is 9.78 Å².